The fourth-order valence-electron chi connectivity index (χ4n) is 4.09. The van der Waals surface area contributed by atoms with Crippen molar-refractivity contribution in [2.45, 2.75) is 64.1 Å². The molecular formula is C22H31N5O3. The van der Waals surface area contributed by atoms with Crippen LogP contribution in [0.5, 0.6) is 0 Å². The normalized spacial score (nSPS) is 19.1. The average molecular weight is 414 g/mol. The Kier molecular flexibility index (Phi) is 6.04. The number of carbonyl (C=O) groups excluding carboxylic acids is 1. The summed E-state index contributed by atoms with van der Waals surface area (Å²) in [6.07, 6.45) is 9.16. The van der Waals surface area contributed by atoms with Gasteiger partial charge in [-0.3, -0.25) is 9.88 Å². The van der Waals surface area contributed by atoms with Gasteiger partial charge >= 0.3 is 6.09 Å². The van der Waals surface area contributed by atoms with Crippen LogP contribution in [0.1, 0.15) is 64.0 Å². The SMILES string of the molecule is CC(C)(C)OC(=O)N1CCC(N(CC2CC2)C(c2ccncc2)c2ncno2)CC1. The molecular weight excluding hydrogens is 382 g/mol. The summed E-state index contributed by atoms with van der Waals surface area (Å²) in [7, 11) is 0. The van der Waals surface area contributed by atoms with Gasteiger partial charge in [-0.2, -0.15) is 4.98 Å². The molecule has 8 nitrogen and oxygen atoms in total. The third-order valence-corrected chi connectivity index (χ3v) is 5.72. The van der Waals surface area contributed by atoms with Crippen LogP contribution in [0.2, 0.25) is 0 Å². The molecule has 0 spiro atoms. The molecule has 162 valence electrons. The van der Waals surface area contributed by atoms with Crippen molar-refractivity contribution in [3.8, 4) is 0 Å². The number of nitrogens with zero attached hydrogens (tertiary/aromatic N) is 5. The molecule has 3 heterocycles. The van der Waals surface area contributed by atoms with Gasteiger partial charge in [-0.25, -0.2) is 4.79 Å². The minimum absolute atomic E-state index is 0.103. The predicted molar refractivity (Wildman–Crippen MR) is 111 cm³/mol. The molecule has 2 aromatic heterocycles. The second-order valence-corrected chi connectivity index (χ2v) is 9.30. The molecule has 0 aromatic carbocycles. The first-order valence-electron chi connectivity index (χ1n) is 10.8. The van der Waals surface area contributed by atoms with Crippen molar-refractivity contribution in [1.29, 1.82) is 0 Å². The molecule has 1 unspecified atom stereocenters. The first kappa shape index (κ1) is 20.8. The number of likely N-dealkylation sites (tertiary alicyclic amines) is 1. The zero-order chi connectivity index (χ0) is 21.1. The molecule has 1 amide bonds. The molecule has 0 N–H and O–H groups in total. The van der Waals surface area contributed by atoms with Crippen molar-refractivity contribution < 1.29 is 14.1 Å². The highest BCUT2D eigenvalue weighted by Crippen LogP contribution is 2.38. The molecule has 30 heavy (non-hydrogen) atoms. The lowest BCUT2D eigenvalue weighted by Gasteiger charge is -2.41. The number of piperidine rings is 1. The molecule has 2 aliphatic rings. The lowest BCUT2D eigenvalue weighted by molar-refractivity contribution is 0.0103. The first-order valence-corrected chi connectivity index (χ1v) is 10.8. The summed E-state index contributed by atoms with van der Waals surface area (Å²) in [5.41, 5.74) is 0.626. The third-order valence-electron chi connectivity index (χ3n) is 5.72. The lowest BCUT2D eigenvalue weighted by atomic mass is 9.97. The second kappa shape index (κ2) is 8.71. The van der Waals surface area contributed by atoms with Gasteiger partial charge in [0.1, 0.15) is 11.6 Å². The summed E-state index contributed by atoms with van der Waals surface area (Å²) in [6.45, 7) is 8.07. The van der Waals surface area contributed by atoms with Gasteiger partial charge in [-0.05, 0) is 70.1 Å². The van der Waals surface area contributed by atoms with E-state index in [1.54, 1.807) is 12.4 Å². The van der Waals surface area contributed by atoms with E-state index in [1.165, 1.54) is 19.2 Å². The largest absolute Gasteiger partial charge is 0.444 e. The summed E-state index contributed by atoms with van der Waals surface area (Å²) in [5.74, 6) is 1.32. The van der Waals surface area contributed by atoms with E-state index in [0.717, 1.165) is 24.9 Å². The van der Waals surface area contributed by atoms with Gasteiger partial charge in [-0.15, -0.1) is 0 Å². The summed E-state index contributed by atoms with van der Waals surface area (Å²) >= 11 is 0. The molecule has 1 saturated heterocycles. The van der Waals surface area contributed by atoms with Crippen molar-refractivity contribution in [3.05, 3.63) is 42.3 Å². The number of pyridine rings is 1. The molecule has 2 aromatic rings. The Morgan fingerprint density at radius 3 is 2.50 bits per heavy atom. The van der Waals surface area contributed by atoms with Crippen LogP contribution in [0.25, 0.3) is 0 Å². The minimum atomic E-state index is -0.476. The molecule has 4 rings (SSSR count). The number of rotatable bonds is 6. The van der Waals surface area contributed by atoms with E-state index in [9.17, 15) is 4.79 Å². The van der Waals surface area contributed by atoms with Gasteiger partial charge < -0.3 is 14.2 Å². The quantitative estimate of drug-likeness (QED) is 0.714. The maximum Gasteiger partial charge on any atom is 0.410 e. The first-order chi connectivity index (χ1) is 14.4. The van der Waals surface area contributed by atoms with E-state index in [4.69, 9.17) is 9.26 Å². The van der Waals surface area contributed by atoms with E-state index >= 15 is 0 Å². The van der Waals surface area contributed by atoms with Gasteiger partial charge in [0.25, 0.3) is 0 Å². The molecule has 1 aliphatic heterocycles. The number of ether oxygens (including phenoxy) is 1. The molecule has 0 bridgehead atoms. The van der Waals surface area contributed by atoms with E-state index in [2.05, 4.69) is 20.0 Å². The average Bonchev–Trinajstić information content (AvgIpc) is 3.38. The van der Waals surface area contributed by atoms with Crippen LogP contribution in [-0.4, -0.2) is 62.3 Å². The van der Waals surface area contributed by atoms with Gasteiger partial charge in [0.2, 0.25) is 5.89 Å². The smallest absolute Gasteiger partial charge is 0.410 e. The Morgan fingerprint density at radius 2 is 1.93 bits per heavy atom. The number of carbonyl (C=O) groups is 1. The van der Waals surface area contributed by atoms with Crippen molar-refractivity contribution in [2.75, 3.05) is 19.6 Å². The second-order valence-electron chi connectivity index (χ2n) is 9.30. The molecule has 1 aliphatic carbocycles. The third kappa shape index (κ3) is 5.16. The fourth-order valence-corrected chi connectivity index (χ4v) is 4.09. The monoisotopic (exact) mass is 413 g/mol. The van der Waals surface area contributed by atoms with Gasteiger partial charge in [0.05, 0.1) is 0 Å². The van der Waals surface area contributed by atoms with E-state index < -0.39 is 5.60 Å². The standard InChI is InChI=1S/C22H31N5O3/c1-22(2,3)29-21(28)26-12-8-18(9-13-26)27(14-16-4-5-16)19(20-24-15-25-30-20)17-6-10-23-11-7-17/h6-7,10-11,15-16,18-19H,4-5,8-9,12-14H2,1-3H3. The van der Waals surface area contributed by atoms with E-state index in [0.29, 0.717) is 30.9 Å². The minimum Gasteiger partial charge on any atom is -0.444 e. The fraction of sp³-hybridized carbons (Fsp3) is 0.636. The highest BCUT2D eigenvalue weighted by molar-refractivity contribution is 5.68. The number of hydrogen-bond donors (Lipinski definition) is 0. The van der Waals surface area contributed by atoms with Gasteiger partial charge in [0, 0.05) is 38.1 Å². The van der Waals surface area contributed by atoms with Crippen LogP contribution in [0, 0.1) is 5.92 Å². The highest BCUT2D eigenvalue weighted by atomic mass is 16.6. The lowest BCUT2D eigenvalue weighted by Crippen LogP contribution is -2.49. The highest BCUT2D eigenvalue weighted by Gasteiger charge is 2.38. The number of hydrogen-bond acceptors (Lipinski definition) is 7. The van der Waals surface area contributed by atoms with Crippen LogP contribution in [-0.2, 0) is 4.74 Å². The maximum absolute atomic E-state index is 12.5. The van der Waals surface area contributed by atoms with Gasteiger partial charge in [0.15, 0.2) is 6.33 Å². The Bertz CT molecular complexity index is 809. The number of amides is 1. The van der Waals surface area contributed by atoms with Gasteiger partial charge in [-0.1, -0.05) is 5.16 Å². The van der Waals surface area contributed by atoms with Crippen LogP contribution < -0.4 is 0 Å². The van der Waals surface area contributed by atoms with E-state index in [1.807, 2.05) is 37.8 Å². The van der Waals surface area contributed by atoms with Crippen molar-refractivity contribution in [3.63, 3.8) is 0 Å². The summed E-state index contributed by atoms with van der Waals surface area (Å²) in [4.78, 5) is 25.4. The van der Waals surface area contributed by atoms with Crippen LogP contribution in [0.3, 0.4) is 0 Å². The Hall–Kier alpha value is -2.48. The van der Waals surface area contributed by atoms with Crippen molar-refractivity contribution >= 4 is 6.09 Å². The molecule has 0 radical (unpaired) electrons. The van der Waals surface area contributed by atoms with Crippen LogP contribution in [0.15, 0.2) is 35.4 Å². The summed E-state index contributed by atoms with van der Waals surface area (Å²) < 4.78 is 11.1. The molecule has 1 atom stereocenters. The Labute approximate surface area is 177 Å². The van der Waals surface area contributed by atoms with Crippen molar-refractivity contribution in [2.24, 2.45) is 5.92 Å². The Morgan fingerprint density at radius 1 is 1.23 bits per heavy atom. The zero-order valence-electron chi connectivity index (χ0n) is 18.0. The van der Waals surface area contributed by atoms with E-state index in [-0.39, 0.29) is 12.1 Å². The van der Waals surface area contributed by atoms with Crippen LogP contribution >= 0.6 is 0 Å². The predicted octanol–water partition coefficient (Wildman–Crippen LogP) is 3.67. The van der Waals surface area contributed by atoms with Crippen LogP contribution in [0.4, 0.5) is 4.79 Å². The zero-order valence-corrected chi connectivity index (χ0v) is 18.0. The summed E-state index contributed by atoms with van der Waals surface area (Å²) in [5, 5.41) is 3.86. The molecule has 1 saturated carbocycles. The summed E-state index contributed by atoms with van der Waals surface area (Å²) in [6, 6.07) is 4.26. The number of aromatic nitrogens is 3. The van der Waals surface area contributed by atoms with Crippen molar-refractivity contribution in [1.82, 2.24) is 24.9 Å². The Balaban J connectivity index is 1.52. The molecule has 8 heteroatoms. The molecule has 2 fully saturated rings. The topological polar surface area (TPSA) is 84.6 Å². The maximum atomic E-state index is 12.5.